The molecule has 1 aliphatic heterocycles. The molecule has 0 spiro atoms. The van der Waals surface area contributed by atoms with Gasteiger partial charge in [-0.2, -0.15) is 0 Å². The lowest BCUT2D eigenvalue weighted by Gasteiger charge is -2.36. The first-order valence-electron chi connectivity index (χ1n) is 10.5. The van der Waals surface area contributed by atoms with Gasteiger partial charge in [0.1, 0.15) is 5.75 Å². The van der Waals surface area contributed by atoms with Crippen LogP contribution in [-0.4, -0.2) is 29.7 Å². The standard InChI is InChI=1S/C24H31N3O/c1-18-8-9-21-22(27-18)6-5-7-23(21)28-15-11-20-16-19(10-14-26-20)17-24(25)12-3-2-4-13-24/h2-9,12,19-20,26H,10-11,13-17,25H2,1H3. The molecule has 2 aliphatic rings. The number of nitrogens with two attached hydrogens (primary N) is 1. The van der Waals surface area contributed by atoms with Crippen LogP contribution < -0.4 is 15.8 Å². The summed E-state index contributed by atoms with van der Waals surface area (Å²) in [5.41, 5.74) is 8.45. The van der Waals surface area contributed by atoms with Crippen molar-refractivity contribution in [1.82, 2.24) is 10.3 Å². The number of pyridine rings is 1. The maximum atomic E-state index is 6.59. The van der Waals surface area contributed by atoms with E-state index in [1.54, 1.807) is 0 Å². The van der Waals surface area contributed by atoms with Crippen molar-refractivity contribution in [3.05, 3.63) is 60.3 Å². The Morgan fingerprint density at radius 3 is 3.04 bits per heavy atom. The van der Waals surface area contributed by atoms with Gasteiger partial charge >= 0.3 is 0 Å². The SMILES string of the molecule is Cc1ccc2c(OCCC3CC(CC4(N)C=CC=CC4)CCN3)cccc2n1. The van der Waals surface area contributed by atoms with Gasteiger partial charge < -0.3 is 15.8 Å². The van der Waals surface area contributed by atoms with E-state index < -0.39 is 0 Å². The second-order valence-corrected chi connectivity index (χ2v) is 8.38. The molecular weight excluding hydrogens is 346 g/mol. The van der Waals surface area contributed by atoms with Crippen LogP contribution in [0.15, 0.2) is 54.6 Å². The molecule has 3 unspecified atom stereocenters. The summed E-state index contributed by atoms with van der Waals surface area (Å²) in [4.78, 5) is 4.59. The smallest absolute Gasteiger partial charge is 0.128 e. The van der Waals surface area contributed by atoms with E-state index in [1.807, 2.05) is 31.2 Å². The van der Waals surface area contributed by atoms with Crippen molar-refractivity contribution < 1.29 is 4.74 Å². The molecule has 3 atom stereocenters. The Labute approximate surface area is 167 Å². The number of nitrogens with one attached hydrogen (secondary N) is 1. The molecule has 4 heteroatoms. The summed E-state index contributed by atoms with van der Waals surface area (Å²) in [6.07, 6.45) is 14.0. The molecule has 0 amide bonds. The molecule has 0 saturated carbocycles. The van der Waals surface area contributed by atoms with Crippen molar-refractivity contribution in [2.45, 2.75) is 50.6 Å². The van der Waals surface area contributed by atoms with Gasteiger partial charge in [-0.05, 0) is 75.8 Å². The van der Waals surface area contributed by atoms with Crippen molar-refractivity contribution in [3.63, 3.8) is 0 Å². The van der Waals surface area contributed by atoms with Crippen molar-refractivity contribution in [2.75, 3.05) is 13.2 Å². The van der Waals surface area contributed by atoms with Crippen LogP contribution in [0.3, 0.4) is 0 Å². The normalized spacial score (nSPS) is 27.2. The fraction of sp³-hybridized carbons (Fsp3) is 0.458. The summed E-state index contributed by atoms with van der Waals surface area (Å²) in [7, 11) is 0. The lowest BCUT2D eigenvalue weighted by molar-refractivity contribution is 0.218. The predicted molar refractivity (Wildman–Crippen MR) is 116 cm³/mol. The zero-order chi connectivity index (χ0) is 19.4. The van der Waals surface area contributed by atoms with Crippen molar-refractivity contribution in [1.29, 1.82) is 0 Å². The van der Waals surface area contributed by atoms with Crippen molar-refractivity contribution in [2.24, 2.45) is 11.7 Å². The number of nitrogens with zero attached hydrogens (tertiary/aromatic N) is 1. The molecule has 4 rings (SSSR count). The van der Waals surface area contributed by atoms with Crippen LogP contribution in [0.4, 0.5) is 0 Å². The van der Waals surface area contributed by atoms with Crippen LogP contribution in [-0.2, 0) is 0 Å². The third-order valence-corrected chi connectivity index (χ3v) is 6.00. The van der Waals surface area contributed by atoms with Gasteiger partial charge in [0.05, 0.1) is 12.1 Å². The summed E-state index contributed by atoms with van der Waals surface area (Å²) in [6, 6.07) is 10.7. The van der Waals surface area contributed by atoms with Crippen molar-refractivity contribution in [3.8, 4) is 5.75 Å². The maximum absolute atomic E-state index is 6.59. The molecule has 1 aromatic carbocycles. The van der Waals surface area contributed by atoms with E-state index >= 15 is 0 Å². The van der Waals surface area contributed by atoms with Crippen LogP contribution >= 0.6 is 0 Å². The number of allylic oxidation sites excluding steroid dienone is 2. The molecule has 2 heterocycles. The van der Waals surface area contributed by atoms with E-state index in [-0.39, 0.29) is 5.54 Å². The molecular formula is C24H31N3O. The fourth-order valence-electron chi connectivity index (χ4n) is 4.54. The molecule has 148 valence electrons. The number of ether oxygens (including phenoxy) is 1. The molecule has 3 N–H and O–H groups in total. The third-order valence-electron chi connectivity index (χ3n) is 6.00. The van der Waals surface area contributed by atoms with Gasteiger partial charge in [0.15, 0.2) is 0 Å². The van der Waals surface area contributed by atoms with E-state index in [1.165, 1.54) is 12.8 Å². The Hall–Kier alpha value is -2.17. The minimum Gasteiger partial charge on any atom is -0.493 e. The largest absolute Gasteiger partial charge is 0.493 e. The minimum absolute atomic E-state index is 0.161. The van der Waals surface area contributed by atoms with Gasteiger partial charge in [0, 0.05) is 22.7 Å². The number of aryl methyl sites for hydroxylation is 1. The third kappa shape index (κ3) is 4.62. The number of piperidine rings is 1. The van der Waals surface area contributed by atoms with Crippen LogP contribution in [0.5, 0.6) is 5.75 Å². The van der Waals surface area contributed by atoms with Gasteiger partial charge in [0.2, 0.25) is 0 Å². The Morgan fingerprint density at radius 1 is 1.25 bits per heavy atom. The highest BCUT2D eigenvalue weighted by Gasteiger charge is 2.29. The number of benzene rings is 1. The quantitative estimate of drug-likeness (QED) is 0.789. The van der Waals surface area contributed by atoms with E-state index in [9.17, 15) is 0 Å². The first-order valence-corrected chi connectivity index (χ1v) is 10.5. The number of hydrogen-bond donors (Lipinski definition) is 2. The highest BCUT2D eigenvalue weighted by Crippen LogP contribution is 2.30. The summed E-state index contributed by atoms with van der Waals surface area (Å²) in [5, 5.41) is 4.75. The average Bonchev–Trinajstić information content (AvgIpc) is 2.68. The molecule has 1 saturated heterocycles. The van der Waals surface area contributed by atoms with Gasteiger partial charge in [-0.3, -0.25) is 4.98 Å². The maximum Gasteiger partial charge on any atom is 0.128 e. The molecule has 0 bridgehead atoms. The lowest BCUT2D eigenvalue weighted by atomic mass is 9.78. The van der Waals surface area contributed by atoms with Crippen LogP contribution in [0, 0.1) is 12.8 Å². The van der Waals surface area contributed by atoms with E-state index in [0.29, 0.717) is 18.6 Å². The number of fused-ring (bicyclic) bond motifs is 1. The summed E-state index contributed by atoms with van der Waals surface area (Å²) >= 11 is 0. The van der Waals surface area contributed by atoms with E-state index in [4.69, 9.17) is 10.5 Å². The number of aromatic nitrogens is 1. The molecule has 1 aromatic heterocycles. The fourth-order valence-corrected chi connectivity index (χ4v) is 4.54. The van der Waals surface area contributed by atoms with Crippen LogP contribution in [0.25, 0.3) is 10.9 Å². The second-order valence-electron chi connectivity index (χ2n) is 8.38. The van der Waals surface area contributed by atoms with Gasteiger partial charge in [0.25, 0.3) is 0 Å². The molecule has 1 aliphatic carbocycles. The summed E-state index contributed by atoms with van der Waals surface area (Å²) < 4.78 is 6.14. The number of hydrogen-bond acceptors (Lipinski definition) is 4. The van der Waals surface area contributed by atoms with Gasteiger partial charge in [-0.15, -0.1) is 0 Å². The predicted octanol–water partition coefficient (Wildman–Crippen LogP) is 4.28. The topological polar surface area (TPSA) is 60.2 Å². The molecule has 2 aromatic rings. The second kappa shape index (κ2) is 8.46. The van der Waals surface area contributed by atoms with Crippen molar-refractivity contribution >= 4 is 10.9 Å². The molecule has 1 fully saturated rings. The Morgan fingerprint density at radius 2 is 2.18 bits per heavy atom. The molecule has 4 nitrogen and oxygen atoms in total. The van der Waals surface area contributed by atoms with Crippen LogP contribution in [0.2, 0.25) is 0 Å². The number of rotatable bonds is 6. The van der Waals surface area contributed by atoms with E-state index in [2.05, 4.69) is 40.7 Å². The Kier molecular flexibility index (Phi) is 5.79. The first-order chi connectivity index (χ1) is 13.6. The zero-order valence-electron chi connectivity index (χ0n) is 16.7. The summed E-state index contributed by atoms with van der Waals surface area (Å²) in [6.45, 7) is 3.80. The Balaban J connectivity index is 1.30. The zero-order valence-corrected chi connectivity index (χ0v) is 16.7. The van der Waals surface area contributed by atoms with E-state index in [0.717, 1.165) is 48.2 Å². The van der Waals surface area contributed by atoms with Crippen LogP contribution in [0.1, 0.15) is 37.8 Å². The minimum atomic E-state index is -0.161. The molecule has 0 radical (unpaired) electrons. The average molecular weight is 378 g/mol. The monoisotopic (exact) mass is 377 g/mol. The highest BCUT2D eigenvalue weighted by atomic mass is 16.5. The first kappa shape index (κ1) is 19.2. The highest BCUT2D eigenvalue weighted by molar-refractivity contribution is 5.85. The van der Waals surface area contributed by atoms with Gasteiger partial charge in [-0.25, -0.2) is 0 Å². The molecule has 28 heavy (non-hydrogen) atoms. The summed E-state index contributed by atoms with van der Waals surface area (Å²) in [5.74, 6) is 1.61. The van der Waals surface area contributed by atoms with Gasteiger partial charge in [-0.1, -0.05) is 30.4 Å². The Bertz CT molecular complexity index is 875. The lowest BCUT2D eigenvalue weighted by Crippen LogP contribution is -2.45.